The maximum atomic E-state index is 14.3. The molecule has 5 rings (SSSR count). The molecular weight excluding hydrogens is 495 g/mol. The first-order chi connectivity index (χ1) is 18.7. The van der Waals surface area contributed by atoms with Crippen LogP contribution < -0.4 is 4.74 Å². The average Bonchev–Trinajstić information content (AvgIpc) is 3.58. The Bertz CT molecular complexity index is 1170. The van der Waals surface area contributed by atoms with Crippen molar-refractivity contribution < 1.29 is 19.0 Å². The molecule has 8 heteroatoms. The zero-order chi connectivity index (χ0) is 27.9. The summed E-state index contributed by atoms with van der Waals surface area (Å²) in [6.45, 7) is 9.88. The molecule has 3 aliphatic rings. The summed E-state index contributed by atoms with van der Waals surface area (Å²) in [5.74, 6) is 0.565. The number of ether oxygens (including phenoxy) is 1. The van der Waals surface area contributed by atoms with Crippen molar-refractivity contribution in [2.75, 3.05) is 33.8 Å². The highest BCUT2D eigenvalue weighted by Gasteiger charge is 2.47. The number of carboxylic acid groups (broad SMARTS) is 1. The van der Waals surface area contributed by atoms with E-state index in [1.54, 1.807) is 19.2 Å². The number of piperidine rings is 1. The molecule has 1 saturated heterocycles. The van der Waals surface area contributed by atoms with Crippen LogP contribution in [0.25, 0.3) is 0 Å². The molecule has 0 amide bonds. The number of carbonyl (C=O) groups is 1. The Balaban J connectivity index is 1.32. The van der Waals surface area contributed by atoms with Crippen LogP contribution in [0.2, 0.25) is 0 Å². The summed E-state index contributed by atoms with van der Waals surface area (Å²) < 4.78 is 22.1. The fourth-order valence-corrected chi connectivity index (χ4v) is 8.03. The summed E-state index contributed by atoms with van der Waals surface area (Å²) in [6.07, 6.45) is 6.15. The van der Waals surface area contributed by atoms with E-state index in [-0.39, 0.29) is 29.1 Å². The fraction of sp³-hybridized carbons (Fsp3) is 0.677. The van der Waals surface area contributed by atoms with Gasteiger partial charge in [-0.15, -0.1) is 0 Å². The van der Waals surface area contributed by atoms with Gasteiger partial charge in [-0.3, -0.25) is 9.69 Å². The SMILES string of the molecule is CCn1nc2c(c1OC)C1(CC2)CCN(C[C@H]2C[C@H](N(C)[C@@H](C(=O)O)C(C)C)C[C@@H]2c2cccc(F)c2)CC1. The van der Waals surface area contributed by atoms with Gasteiger partial charge in [-0.05, 0) is 101 Å². The molecule has 2 aromatic rings. The summed E-state index contributed by atoms with van der Waals surface area (Å²) in [6, 6.07) is 6.67. The molecule has 1 saturated carbocycles. The predicted molar refractivity (Wildman–Crippen MR) is 150 cm³/mol. The summed E-state index contributed by atoms with van der Waals surface area (Å²) >= 11 is 0. The van der Waals surface area contributed by atoms with E-state index in [1.165, 1.54) is 17.3 Å². The van der Waals surface area contributed by atoms with Crippen molar-refractivity contribution in [1.82, 2.24) is 19.6 Å². The van der Waals surface area contributed by atoms with Crippen molar-refractivity contribution in [3.63, 3.8) is 0 Å². The molecule has 39 heavy (non-hydrogen) atoms. The molecule has 1 spiro atoms. The first-order valence-electron chi connectivity index (χ1n) is 14.7. The van der Waals surface area contributed by atoms with Crippen LogP contribution >= 0.6 is 0 Å². The minimum absolute atomic E-state index is 0.0165. The molecule has 1 N–H and O–H groups in total. The number of benzene rings is 1. The minimum Gasteiger partial charge on any atom is -0.481 e. The highest BCUT2D eigenvalue weighted by atomic mass is 19.1. The Morgan fingerprint density at radius 2 is 2.00 bits per heavy atom. The average molecular weight is 541 g/mol. The van der Waals surface area contributed by atoms with Crippen molar-refractivity contribution >= 4 is 5.97 Å². The number of carboxylic acids is 1. The van der Waals surface area contributed by atoms with E-state index in [0.29, 0.717) is 5.92 Å². The second kappa shape index (κ2) is 11.2. The Labute approximate surface area is 232 Å². The second-order valence-corrected chi connectivity index (χ2v) is 12.5. The van der Waals surface area contributed by atoms with Crippen molar-refractivity contribution in [2.45, 2.75) is 89.3 Å². The van der Waals surface area contributed by atoms with Crippen LogP contribution in [0.5, 0.6) is 5.88 Å². The van der Waals surface area contributed by atoms with Gasteiger partial charge in [0.05, 0.1) is 12.8 Å². The number of fused-ring (bicyclic) bond motifs is 2. The number of hydrogen-bond donors (Lipinski definition) is 1. The first-order valence-corrected chi connectivity index (χ1v) is 14.7. The quantitative estimate of drug-likeness (QED) is 0.486. The van der Waals surface area contributed by atoms with Crippen molar-refractivity contribution in [3.05, 3.63) is 46.9 Å². The van der Waals surface area contributed by atoms with Crippen molar-refractivity contribution in [1.29, 1.82) is 0 Å². The third kappa shape index (κ3) is 5.22. The number of hydrogen-bond acceptors (Lipinski definition) is 5. The van der Waals surface area contributed by atoms with E-state index in [4.69, 9.17) is 9.84 Å². The Morgan fingerprint density at radius 3 is 2.62 bits per heavy atom. The highest BCUT2D eigenvalue weighted by Crippen LogP contribution is 2.51. The van der Waals surface area contributed by atoms with Crippen molar-refractivity contribution in [3.8, 4) is 5.88 Å². The monoisotopic (exact) mass is 540 g/mol. The first kappa shape index (κ1) is 28.1. The Kier molecular flexibility index (Phi) is 8.07. The fourth-order valence-electron chi connectivity index (χ4n) is 8.03. The summed E-state index contributed by atoms with van der Waals surface area (Å²) in [7, 11) is 3.72. The van der Waals surface area contributed by atoms with E-state index in [9.17, 15) is 14.3 Å². The van der Waals surface area contributed by atoms with Crippen LogP contribution in [0.1, 0.15) is 75.6 Å². The standard InChI is InChI=1S/C31H45FN4O3/c1-6-36-29(39-5)27-26(33-36)10-11-31(27)12-14-35(15-13-31)19-22-17-24(34(4)28(20(2)3)30(37)38)18-25(22)21-8-7-9-23(32)16-21/h7-9,16,20,22,24-25,28H,6,10-15,17-19H2,1-5H3,(H,37,38)/t22-,24+,25-,28-/m1/s1. The van der Waals surface area contributed by atoms with Crippen LogP contribution in [-0.4, -0.2) is 76.5 Å². The van der Waals surface area contributed by atoms with E-state index < -0.39 is 12.0 Å². The van der Waals surface area contributed by atoms with Crippen LogP contribution in [-0.2, 0) is 23.2 Å². The van der Waals surface area contributed by atoms with Gasteiger partial charge < -0.3 is 14.7 Å². The van der Waals surface area contributed by atoms with E-state index in [1.807, 2.05) is 31.6 Å². The number of nitrogens with zero attached hydrogens (tertiary/aromatic N) is 4. The summed E-state index contributed by atoms with van der Waals surface area (Å²) in [4.78, 5) is 16.8. The highest BCUT2D eigenvalue weighted by molar-refractivity contribution is 5.73. The normalized spacial score (nSPS) is 25.5. The molecule has 214 valence electrons. The number of methoxy groups -OCH3 is 1. The Hall–Kier alpha value is -2.45. The van der Waals surface area contributed by atoms with Gasteiger partial charge in [0.25, 0.3) is 0 Å². The third-order valence-corrected chi connectivity index (χ3v) is 9.99. The van der Waals surface area contributed by atoms with Gasteiger partial charge in [-0.1, -0.05) is 26.0 Å². The second-order valence-electron chi connectivity index (χ2n) is 12.5. The topological polar surface area (TPSA) is 70.8 Å². The smallest absolute Gasteiger partial charge is 0.321 e. The summed E-state index contributed by atoms with van der Waals surface area (Å²) in [5.41, 5.74) is 3.75. The van der Waals surface area contributed by atoms with Crippen LogP contribution in [0, 0.1) is 17.7 Å². The minimum atomic E-state index is -0.766. The lowest BCUT2D eigenvalue weighted by atomic mass is 9.74. The third-order valence-electron chi connectivity index (χ3n) is 9.99. The van der Waals surface area contributed by atoms with Gasteiger partial charge in [0.15, 0.2) is 0 Å². The molecule has 2 fully saturated rings. The number of halogens is 1. The van der Waals surface area contributed by atoms with E-state index in [0.717, 1.165) is 76.1 Å². The molecule has 1 aromatic carbocycles. The van der Waals surface area contributed by atoms with Crippen molar-refractivity contribution in [2.24, 2.45) is 11.8 Å². The molecule has 1 aromatic heterocycles. The number of likely N-dealkylation sites (N-methyl/N-ethyl adjacent to an activating group) is 1. The van der Waals surface area contributed by atoms with Crippen LogP contribution in [0.3, 0.4) is 0 Å². The van der Waals surface area contributed by atoms with E-state index in [2.05, 4.69) is 16.7 Å². The lowest BCUT2D eigenvalue weighted by molar-refractivity contribution is -0.145. The molecule has 7 nitrogen and oxygen atoms in total. The van der Waals surface area contributed by atoms with Gasteiger partial charge in [-0.25, -0.2) is 9.07 Å². The molecule has 0 bridgehead atoms. The Morgan fingerprint density at radius 1 is 1.26 bits per heavy atom. The lowest BCUT2D eigenvalue weighted by Crippen LogP contribution is -2.47. The van der Waals surface area contributed by atoms with Crippen LogP contribution in [0.4, 0.5) is 4.39 Å². The predicted octanol–water partition coefficient (Wildman–Crippen LogP) is 4.93. The molecule has 2 aliphatic carbocycles. The maximum absolute atomic E-state index is 14.3. The molecule has 0 radical (unpaired) electrons. The van der Waals surface area contributed by atoms with Gasteiger partial charge in [0.2, 0.25) is 5.88 Å². The number of likely N-dealkylation sites (tertiary alicyclic amines) is 1. The van der Waals surface area contributed by atoms with Crippen LogP contribution in [0.15, 0.2) is 24.3 Å². The van der Waals surface area contributed by atoms with E-state index >= 15 is 0 Å². The summed E-state index contributed by atoms with van der Waals surface area (Å²) in [5, 5.41) is 14.8. The van der Waals surface area contributed by atoms with Gasteiger partial charge >= 0.3 is 5.97 Å². The maximum Gasteiger partial charge on any atom is 0.321 e. The largest absolute Gasteiger partial charge is 0.481 e. The number of aryl methyl sites for hydroxylation is 2. The number of rotatable bonds is 9. The molecule has 1 aliphatic heterocycles. The zero-order valence-corrected chi connectivity index (χ0v) is 24.2. The molecule has 2 heterocycles. The molecule has 4 atom stereocenters. The number of aliphatic carboxylic acids is 1. The zero-order valence-electron chi connectivity index (χ0n) is 24.2. The van der Waals surface area contributed by atoms with Gasteiger partial charge in [0.1, 0.15) is 11.9 Å². The number of aromatic nitrogens is 2. The lowest BCUT2D eigenvalue weighted by Gasteiger charge is -2.41. The van der Waals surface area contributed by atoms with Gasteiger partial charge in [0, 0.05) is 30.1 Å². The molecule has 0 unspecified atom stereocenters. The van der Waals surface area contributed by atoms with Gasteiger partial charge in [-0.2, -0.15) is 5.10 Å². The molecular formula is C31H45FN4O3.